The number of carbonyl (C=O) groups is 1. The number of hydrogen-bond donors (Lipinski definition) is 2. The summed E-state index contributed by atoms with van der Waals surface area (Å²) in [6.45, 7) is 4.28. The van der Waals surface area contributed by atoms with Gasteiger partial charge in [0.15, 0.2) is 0 Å². The van der Waals surface area contributed by atoms with E-state index in [-0.39, 0.29) is 0 Å². The third kappa shape index (κ3) is 4.18. The number of primary amides is 1. The highest BCUT2D eigenvalue weighted by molar-refractivity contribution is 5.79. The highest BCUT2D eigenvalue weighted by atomic mass is 16.1. The lowest BCUT2D eigenvalue weighted by molar-refractivity contribution is -0.119. The molecule has 1 fully saturated rings. The molecule has 1 rings (SSSR count). The Balaban J connectivity index is 2.32. The van der Waals surface area contributed by atoms with Crippen LogP contribution in [-0.4, -0.2) is 36.0 Å². The summed E-state index contributed by atoms with van der Waals surface area (Å²) in [5.74, 6) is -0.391. The molecule has 0 aromatic heterocycles. The van der Waals surface area contributed by atoms with Crippen LogP contribution < -0.4 is 11.5 Å². The molecule has 1 aliphatic heterocycles. The van der Waals surface area contributed by atoms with E-state index < -0.39 is 11.9 Å². The van der Waals surface area contributed by atoms with Gasteiger partial charge in [0.05, 0.1) is 6.04 Å². The highest BCUT2D eigenvalue weighted by Crippen LogP contribution is 2.16. The maximum atomic E-state index is 10.8. The van der Waals surface area contributed by atoms with Crippen LogP contribution in [0.3, 0.4) is 0 Å². The summed E-state index contributed by atoms with van der Waals surface area (Å²) in [6.07, 6.45) is 5.84. The number of amides is 1. The zero-order valence-electron chi connectivity index (χ0n) is 9.61. The van der Waals surface area contributed by atoms with Crippen LogP contribution in [-0.2, 0) is 4.79 Å². The van der Waals surface area contributed by atoms with E-state index in [1.807, 2.05) is 0 Å². The quantitative estimate of drug-likeness (QED) is 0.712. The standard InChI is InChI=1S/C11H23N3O/c1-9-5-3-2-4-7-14(9)8-6-10(12)11(13)15/h9-10H,2-8,12H2,1H3,(H2,13,15). The maximum Gasteiger partial charge on any atom is 0.234 e. The van der Waals surface area contributed by atoms with Crippen molar-refractivity contribution in [1.29, 1.82) is 0 Å². The largest absolute Gasteiger partial charge is 0.368 e. The molecule has 1 aliphatic rings. The third-order valence-corrected chi connectivity index (χ3v) is 3.28. The molecule has 0 saturated carbocycles. The lowest BCUT2D eigenvalue weighted by Gasteiger charge is -2.27. The smallest absolute Gasteiger partial charge is 0.234 e. The summed E-state index contributed by atoms with van der Waals surface area (Å²) in [5.41, 5.74) is 10.8. The van der Waals surface area contributed by atoms with Gasteiger partial charge in [0.1, 0.15) is 0 Å². The van der Waals surface area contributed by atoms with Crippen LogP contribution in [0.25, 0.3) is 0 Å². The third-order valence-electron chi connectivity index (χ3n) is 3.28. The van der Waals surface area contributed by atoms with Gasteiger partial charge < -0.3 is 16.4 Å². The Kier molecular flexibility index (Phi) is 5.05. The first-order valence-corrected chi connectivity index (χ1v) is 5.90. The molecule has 2 unspecified atom stereocenters. The molecule has 88 valence electrons. The molecule has 4 N–H and O–H groups in total. The van der Waals surface area contributed by atoms with E-state index >= 15 is 0 Å². The molecule has 1 heterocycles. The Bertz CT molecular complexity index is 208. The van der Waals surface area contributed by atoms with Gasteiger partial charge in [0.2, 0.25) is 5.91 Å². The average molecular weight is 213 g/mol. The van der Waals surface area contributed by atoms with Crippen molar-refractivity contribution in [2.45, 2.75) is 51.1 Å². The van der Waals surface area contributed by atoms with E-state index in [1.165, 1.54) is 25.7 Å². The van der Waals surface area contributed by atoms with Gasteiger partial charge in [-0.2, -0.15) is 0 Å². The van der Waals surface area contributed by atoms with E-state index in [1.54, 1.807) is 0 Å². The molecule has 0 bridgehead atoms. The van der Waals surface area contributed by atoms with Gasteiger partial charge in [-0.3, -0.25) is 4.79 Å². The normalized spacial score (nSPS) is 25.9. The number of hydrogen-bond acceptors (Lipinski definition) is 3. The minimum atomic E-state index is -0.486. The predicted molar refractivity (Wildman–Crippen MR) is 61.3 cm³/mol. The Morgan fingerprint density at radius 2 is 2.20 bits per heavy atom. The van der Waals surface area contributed by atoms with E-state index in [9.17, 15) is 4.79 Å². The van der Waals surface area contributed by atoms with Crippen LogP contribution in [0.2, 0.25) is 0 Å². The van der Waals surface area contributed by atoms with Crippen molar-refractivity contribution >= 4 is 5.91 Å². The van der Waals surface area contributed by atoms with E-state index in [0.29, 0.717) is 12.5 Å². The fourth-order valence-corrected chi connectivity index (χ4v) is 2.11. The monoisotopic (exact) mass is 213 g/mol. The fraction of sp³-hybridized carbons (Fsp3) is 0.909. The Hall–Kier alpha value is -0.610. The van der Waals surface area contributed by atoms with Crippen LogP contribution in [0.15, 0.2) is 0 Å². The van der Waals surface area contributed by atoms with Gasteiger partial charge in [0, 0.05) is 12.6 Å². The Morgan fingerprint density at radius 3 is 2.87 bits per heavy atom. The molecule has 15 heavy (non-hydrogen) atoms. The molecule has 0 aliphatic carbocycles. The van der Waals surface area contributed by atoms with Crippen molar-refractivity contribution in [3.8, 4) is 0 Å². The summed E-state index contributed by atoms with van der Waals surface area (Å²) >= 11 is 0. The van der Waals surface area contributed by atoms with Crippen LogP contribution in [0.4, 0.5) is 0 Å². The second-order valence-corrected chi connectivity index (χ2v) is 4.53. The van der Waals surface area contributed by atoms with Crippen molar-refractivity contribution in [3.63, 3.8) is 0 Å². The van der Waals surface area contributed by atoms with Crippen LogP contribution in [0.1, 0.15) is 39.0 Å². The highest BCUT2D eigenvalue weighted by Gasteiger charge is 2.18. The molecule has 1 amide bonds. The molecule has 0 radical (unpaired) electrons. The van der Waals surface area contributed by atoms with Gasteiger partial charge in [-0.15, -0.1) is 0 Å². The van der Waals surface area contributed by atoms with Gasteiger partial charge in [-0.1, -0.05) is 12.8 Å². The zero-order chi connectivity index (χ0) is 11.3. The topological polar surface area (TPSA) is 72.3 Å². The van der Waals surface area contributed by atoms with E-state index in [2.05, 4.69) is 11.8 Å². The summed E-state index contributed by atoms with van der Waals surface area (Å²) in [5, 5.41) is 0. The summed E-state index contributed by atoms with van der Waals surface area (Å²) in [6, 6.07) is 0.132. The molecule has 2 atom stereocenters. The van der Waals surface area contributed by atoms with Gasteiger partial charge in [-0.05, 0) is 32.7 Å². The van der Waals surface area contributed by atoms with E-state index in [4.69, 9.17) is 11.5 Å². The first kappa shape index (κ1) is 12.5. The molecule has 4 heteroatoms. The Morgan fingerprint density at radius 1 is 1.47 bits per heavy atom. The summed E-state index contributed by atoms with van der Waals surface area (Å²) in [4.78, 5) is 13.2. The van der Waals surface area contributed by atoms with Gasteiger partial charge in [-0.25, -0.2) is 0 Å². The molecule has 1 saturated heterocycles. The molecule has 0 aromatic carbocycles. The second kappa shape index (κ2) is 6.08. The number of likely N-dealkylation sites (tertiary alicyclic amines) is 1. The van der Waals surface area contributed by atoms with Crippen molar-refractivity contribution < 1.29 is 4.79 Å². The predicted octanol–water partition coefficient (Wildman–Crippen LogP) is 0.454. The summed E-state index contributed by atoms with van der Waals surface area (Å²) in [7, 11) is 0. The second-order valence-electron chi connectivity index (χ2n) is 4.53. The van der Waals surface area contributed by atoms with Crippen LogP contribution in [0.5, 0.6) is 0 Å². The SMILES string of the molecule is CC1CCCCCN1CCC(N)C(N)=O. The van der Waals surface area contributed by atoms with Crippen LogP contribution >= 0.6 is 0 Å². The van der Waals surface area contributed by atoms with E-state index in [0.717, 1.165) is 13.1 Å². The minimum absolute atomic E-state index is 0.391. The van der Waals surface area contributed by atoms with Crippen molar-refractivity contribution in [1.82, 2.24) is 4.90 Å². The lowest BCUT2D eigenvalue weighted by Crippen LogP contribution is -2.41. The van der Waals surface area contributed by atoms with Crippen molar-refractivity contribution in [3.05, 3.63) is 0 Å². The average Bonchev–Trinajstić information content (AvgIpc) is 2.39. The molecular formula is C11H23N3O. The number of carbonyl (C=O) groups excluding carboxylic acids is 1. The molecule has 0 spiro atoms. The number of nitrogens with two attached hydrogens (primary N) is 2. The Labute approximate surface area is 92.0 Å². The zero-order valence-corrected chi connectivity index (χ0v) is 9.61. The van der Waals surface area contributed by atoms with Gasteiger partial charge in [0.25, 0.3) is 0 Å². The number of rotatable bonds is 4. The number of nitrogens with zero attached hydrogens (tertiary/aromatic N) is 1. The fourth-order valence-electron chi connectivity index (χ4n) is 2.11. The maximum absolute atomic E-state index is 10.8. The van der Waals surface area contributed by atoms with Crippen molar-refractivity contribution in [2.24, 2.45) is 11.5 Å². The lowest BCUT2D eigenvalue weighted by atomic mass is 10.1. The molecular weight excluding hydrogens is 190 g/mol. The molecule has 0 aromatic rings. The molecule has 4 nitrogen and oxygen atoms in total. The van der Waals surface area contributed by atoms with Crippen LogP contribution in [0, 0.1) is 0 Å². The minimum Gasteiger partial charge on any atom is -0.368 e. The van der Waals surface area contributed by atoms with Gasteiger partial charge >= 0.3 is 0 Å². The van der Waals surface area contributed by atoms with Crippen molar-refractivity contribution in [2.75, 3.05) is 13.1 Å². The summed E-state index contributed by atoms with van der Waals surface area (Å²) < 4.78 is 0. The first-order chi connectivity index (χ1) is 7.11. The first-order valence-electron chi connectivity index (χ1n) is 5.90.